The maximum Gasteiger partial charge on any atom is 0.158 e. The van der Waals surface area contributed by atoms with Crippen molar-refractivity contribution >= 4 is 11.8 Å². The fourth-order valence-corrected chi connectivity index (χ4v) is 1.22. The first-order chi connectivity index (χ1) is 5.77. The monoisotopic (exact) mass is 187 g/mol. The minimum absolute atomic E-state index is 0.0406. The van der Waals surface area contributed by atoms with E-state index in [1.165, 1.54) is 0 Å². The first-order valence-corrected chi connectivity index (χ1v) is 5.07. The Kier molecular flexibility index (Phi) is 3.55. The van der Waals surface area contributed by atoms with Gasteiger partial charge in [0, 0.05) is 11.8 Å². The number of nitrogens with zero attached hydrogens (tertiary/aromatic N) is 3. The van der Waals surface area contributed by atoms with E-state index in [1.54, 1.807) is 18.1 Å². The van der Waals surface area contributed by atoms with Gasteiger partial charge in [0.05, 0.1) is 0 Å². The molecule has 0 fully saturated rings. The number of thioether (sulfide) groups is 1. The van der Waals surface area contributed by atoms with Crippen molar-refractivity contribution in [2.75, 3.05) is 6.26 Å². The van der Waals surface area contributed by atoms with E-state index in [0.29, 0.717) is 11.1 Å². The summed E-state index contributed by atoms with van der Waals surface area (Å²) >= 11 is 1.78. The summed E-state index contributed by atoms with van der Waals surface area (Å²) in [5.41, 5.74) is 0. The van der Waals surface area contributed by atoms with E-state index in [2.05, 4.69) is 23.4 Å². The zero-order valence-electron chi connectivity index (χ0n) is 7.27. The molecule has 0 bridgehead atoms. The minimum atomic E-state index is -0.0406. The van der Waals surface area contributed by atoms with Crippen molar-refractivity contribution in [3.8, 4) is 0 Å². The van der Waals surface area contributed by atoms with Crippen molar-refractivity contribution < 1.29 is 5.11 Å². The van der Waals surface area contributed by atoms with Gasteiger partial charge in [-0.05, 0) is 6.26 Å². The lowest BCUT2D eigenvalue weighted by atomic mass is 10.4. The molecule has 1 N–H and O–H groups in total. The van der Waals surface area contributed by atoms with E-state index < -0.39 is 0 Å². The van der Waals surface area contributed by atoms with Gasteiger partial charge in [0.2, 0.25) is 0 Å². The number of rotatable bonds is 4. The Bertz CT molecular complexity index is 238. The van der Waals surface area contributed by atoms with Crippen molar-refractivity contribution in [1.29, 1.82) is 0 Å². The standard InChI is InChI=1S/C7H13N3OS/c1-6(12-2)3-10-5-8-9-7(10)4-11/h5-6,11H,3-4H2,1-2H3. The molecule has 1 aromatic heterocycles. The molecule has 0 saturated carbocycles. The first-order valence-electron chi connectivity index (χ1n) is 3.78. The zero-order chi connectivity index (χ0) is 8.97. The molecule has 1 atom stereocenters. The number of aromatic nitrogens is 3. The van der Waals surface area contributed by atoms with E-state index in [0.717, 1.165) is 6.54 Å². The summed E-state index contributed by atoms with van der Waals surface area (Å²) in [5.74, 6) is 0.635. The molecule has 12 heavy (non-hydrogen) atoms. The molecule has 1 heterocycles. The highest BCUT2D eigenvalue weighted by molar-refractivity contribution is 7.99. The molecular formula is C7H13N3OS. The Labute approximate surface area is 76.0 Å². The smallest absolute Gasteiger partial charge is 0.158 e. The second-order valence-corrected chi connectivity index (χ2v) is 3.88. The Morgan fingerprint density at radius 2 is 2.50 bits per heavy atom. The van der Waals surface area contributed by atoms with Gasteiger partial charge in [-0.25, -0.2) is 0 Å². The van der Waals surface area contributed by atoms with Crippen molar-refractivity contribution in [1.82, 2.24) is 14.8 Å². The van der Waals surface area contributed by atoms with Crippen LogP contribution in [0.3, 0.4) is 0 Å². The fraction of sp³-hybridized carbons (Fsp3) is 0.714. The third kappa shape index (κ3) is 2.22. The van der Waals surface area contributed by atoms with E-state index in [-0.39, 0.29) is 6.61 Å². The second-order valence-electron chi connectivity index (χ2n) is 2.60. The molecule has 5 heteroatoms. The van der Waals surface area contributed by atoms with Crippen LogP contribution in [0.15, 0.2) is 6.33 Å². The third-order valence-corrected chi connectivity index (χ3v) is 2.65. The summed E-state index contributed by atoms with van der Waals surface area (Å²) in [6.07, 6.45) is 3.71. The average Bonchev–Trinajstić information content (AvgIpc) is 2.51. The molecule has 1 unspecified atom stereocenters. The van der Waals surface area contributed by atoms with Crippen LogP contribution in [0.25, 0.3) is 0 Å². The SMILES string of the molecule is CSC(C)Cn1cnnc1CO. The van der Waals surface area contributed by atoms with Crippen LogP contribution in [-0.4, -0.2) is 31.4 Å². The highest BCUT2D eigenvalue weighted by Gasteiger charge is 2.05. The Balaban J connectivity index is 2.61. The zero-order valence-corrected chi connectivity index (χ0v) is 8.08. The topological polar surface area (TPSA) is 50.9 Å². The van der Waals surface area contributed by atoms with Crippen LogP contribution < -0.4 is 0 Å². The summed E-state index contributed by atoms with van der Waals surface area (Å²) in [5, 5.41) is 16.9. The van der Waals surface area contributed by atoms with Gasteiger partial charge in [-0.2, -0.15) is 11.8 Å². The number of aliphatic hydroxyl groups is 1. The van der Waals surface area contributed by atoms with Crippen LogP contribution in [0, 0.1) is 0 Å². The number of aliphatic hydroxyl groups excluding tert-OH is 1. The van der Waals surface area contributed by atoms with E-state index in [9.17, 15) is 0 Å². The molecule has 0 aliphatic rings. The van der Waals surface area contributed by atoms with Gasteiger partial charge in [-0.15, -0.1) is 10.2 Å². The van der Waals surface area contributed by atoms with Gasteiger partial charge >= 0.3 is 0 Å². The molecule has 4 nitrogen and oxygen atoms in total. The van der Waals surface area contributed by atoms with Crippen molar-refractivity contribution in [3.05, 3.63) is 12.2 Å². The maximum absolute atomic E-state index is 8.86. The number of hydrogen-bond donors (Lipinski definition) is 1. The normalized spacial score (nSPS) is 13.2. The molecule has 68 valence electrons. The lowest BCUT2D eigenvalue weighted by Crippen LogP contribution is -2.11. The van der Waals surface area contributed by atoms with Gasteiger partial charge in [0.15, 0.2) is 5.82 Å². The Morgan fingerprint density at radius 1 is 1.75 bits per heavy atom. The molecule has 0 spiro atoms. The molecule has 0 radical (unpaired) electrons. The molecule has 0 amide bonds. The van der Waals surface area contributed by atoms with Crippen LogP contribution in [0.4, 0.5) is 0 Å². The highest BCUT2D eigenvalue weighted by atomic mass is 32.2. The van der Waals surface area contributed by atoms with Gasteiger partial charge in [0.1, 0.15) is 12.9 Å². The Hall–Kier alpha value is -0.550. The summed E-state index contributed by atoms with van der Waals surface area (Å²) < 4.78 is 1.88. The minimum Gasteiger partial charge on any atom is -0.388 e. The van der Waals surface area contributed by atoms with Gasteiger partial charge in [-0.1, -0.05) is 6.92 Å². The molecule has 0 saturated heterocycles. The fourth-order valence-electron chi connectivity index (χ4n) is 0.905. The molecule has 1 aromatic rings. The second kappa shape index (κ2) is 4.47. The van der Waals surface area contributed by atoms with E-state index >= 15 is 0 Å². The van der Waals surface area contributed by atoms with Crippen molar-refractivity contribution in [3.63, 3.8) is 0 Å². The lowest BCUT2D eigenvalue weighted by Gasteiger charge is -2.09. The maximum atomic E-state index is 8.86. The van der Waals surface area contributed by atoms with Crippen LogP contribution in [0.5, 0.6) is 0 Å². The Morgan fingerprint density at radius 3 is 3.08 bits per heavy atom. The molecule has 0 aliphatic carbocycles. The van der Waals surface area contributed by atoms with Crippen molar-refractivity contribution in [2.24, 2.45) is 0 Å². The van der Waals surface area contributed by atoms with Gasteiger partial charge in [-0.3, -0.25) is 0 Å². The average molecular weight is 187 g/mol. The molecule has 0 aliphatic heterocycles. The third-order valence-electron chi connectivity index (χ3n) is 1.69. The summed E-state index contributed by atoms with van der Waals surface area (Å²) in [4.78, 5) is 0. The van der Waals surface area contributed by atoms with E-state index in [1.807, 2.05) is 4.57 Å². The lowest BCUT2D eigenvalue weighted by molar-refractivity contribution is 0.264. The molecule has 0 aromatic carbocycles. The van der Waals surface area contributed by atoms with Gasteiger partial charge < -0.3 is 9.67 Å². The quantitative estimate of drug-likeness (QED) is 0.746. The largest absolute Gasteiger partial charge is 0.388 e. The predicted molar refractivity (Wildman–Crippen MR) is 48.9 cm³/mol. The van der Waals surface area contributed by atoms with Crippen molar-refractivity contribution in [2.45, 2.75) is 25.3 Å². The van der Waals surface area contributed by atoms with E-state index in [4.69, 9.17) is 5.11 Å². The predicted octanol–water partition coefficient (Wildman–Crippen LogP) is 0.522. The number of hydrogen-bond acceptors (Lipinski definition) is 4. The van der Waals surface area contributed by atoms with Crippen LogP contribution >= 0.6 is 11.8 Å². The van der Waals surface area contributed by atoms with Crippen LogP contribution in [0.1, 0.15) is 12.7 Å². The summed E-state index contributed by atoms with van der Waals surface area (Å²) in [7, 11) is 0. The highest BCUT2D eigenvalue weighted by Crippen LogP contribution is 2.08. The van der Waals surface area contributed by atoms with Crippen LogP contribution in [0.2, 0.25) is 0 Å². The summed E-state index contributed by atoms with van der Waals surface area (Å²) in [6, 6.07) is 0. The first kappa shape index (κ1) is 9.54. The summed E-state index contributed by atoms with van der Waals surface area (Å²) in [6.45, 7) is 2.94. The molecule has 1 rings (SSSR count). The van der Waals surface area contributed by atoms with Crippen LogP contribution in [-0.2, 0) is 13.2 Å². The molecular weight excluding hydrogens is 174 g/mol. The van der Waals surface area contributed by atoms with Gasteiger partial charge in [0.25, 0.3) is 0 Å².